The highest BCUT2D eigenvalue weighted by Gasteiger charge is 2.29. The van der Waals surface area contributed by atoms with Crippen molar-refractivity contribution in [1.29, 1.82) is 0 Å². The van der Waals surface area contributed by atoms with E-state index < -0.39 is 0 Å². The highest BCUT2D eigenvalue weighted by Crippen LogP contribution is 2.29. The Bertz CT molecular complexity index is 1040. The van der Waals surface area contributed by atoms with Crippen LogP contribution in [0.5, 0.6) is 5.75 Å². The first-order chi connectivity index (χ1) is 14.7. The zero-order valence-corrected chi connectivity index (χ0v) is 17.3. The second kappa shape index (κ2) is 9.77. The van der Waals surface area contributed by atoms with E-state index in [4.69, 9.17) is 9.47 Å². The lowest BCUT2D eigenvalue weighted by Crippen LogP contribution is -2.34. The summed E-state index contributed by atoms with van der Waals surface area (Å²) in [5, 5.41) is 2.40. The lowest BCUT2D eigenvalue weighted by atomic mass is 9.90. The van der Waals surface area contributed by atoms with E-state index in [0.29, 0.717) is 12.2 Å². The van der Waals surface area contributed by atoms with E-state index in [9.17, 15) is 4.39 Å². The van der Waals surface area contributed by atoms with Crippen LogP contribution in [0.15, 0.2) is 77.8 Å². The average molecular weight is 420 g/mol. The number of halogens is 1. The van der Waals surface area contributed by atoms with Gasteiger partial charge >= 0.3 is 0 Å². The van der Waals surface area contributed by atoms with Gasteiger partial charge in [0.2, 0.25) is 0 Å². The zero-order valence-electron chi connectivity index (χ0n) is 16.5. The van der Waals surface area contributed by atoms with Crippen LogP contribution in [0.1, 0.15) is 24.0 Å². The summed E-state index contributed by atoms with van der Waals surface area (Å²) in [5.74, 6) is 0.485. The lowest BCUT2D eigenvalue weighted by molar-refractivity contribution is -0.0192. The summed E-state index contributed by atoms with van der Waals surface area (Å²) in [4.78, 5) is 4.04. The molecule has 5 heteroatoms. The van der Waals surface area contributed by atoms with Crippen molar-refractivity contribution in [3.63, 3.8) is 0 Å². The third-order valence-electron chi connectivity index (χ3n) is 5.25. The molecule has 3 nitrogen and oxygen atoms in total. The molecule has 0 heterocycles. The molecule has 0 aliphatic heterocycles. The number of ether oxygens (including phenoxy) is 2. The maximum atomic E-state index is 14.6. The molecule has 1 aliphatic rings. The molecule has 0 radical (unpaired) electrons. The molecule has 0 atom stereocenters. The Morgan fingerprint density at radius 1 is 0.933 bits per heavy atom. The summed E-state index contributed by atoms with van der Waals surface area (Å²) in [5.41, 5.74) is 3.37. The molecule has 3 aromatic carbocycles. The van der Waals surface area contributed by atoms with Crippen LogP contribution in [-0.2, 0) is 18.0 Å². The van der Waals surface area contributed by atoms with Crippen LogP contribution in [0.25, 0.3) is 11.1 Å². The van der Waals surface area contributed by atoms with Gasteiger partial charge < -0.3 is 9.47 Å². The van der Waals surface area contributed by atoms with Gasteiger partial charge in [-0.15, -0.1) is 0 Å². The number of isothiocyanates is 1. The van der Waals surface area contributed by atoms with Crippen molar-refractivity contribution in [2.24, 2.45) is 4.99 Å². The number of aliphatic imine (C=N–C) groups is 1. The Balaban J connectivity index is 1.37. The summed E-state index contributed by atoms with van der Waals surface area (Å²) in [6.07, 6.45) is 1.75. The van der Waals surface area contributed by atoms with Crippen molar-refractivity contribution in [3.8, 4) is 16.9 Å². The summed E-state index contributed by atoms with van der Waals surface area (Å²) >= 11 is 4.61. The molecule has 0 N–H and O–H groups in total. The van der Waals surface area contributed by atoms with Gasteiger partial charge in [0.15, 0.2) is 0 Å². The van der Waals surface area contributed by atoms with Gasteiger partial charge in [0.25, 0.3) is 0 Å². The van der Waals surface area contributed by atoms with Gasteiger partial charge in [-0.2, -0.15) is 0 Å². The Kier molecular flexibility index (Phi) is 6.65. The molecule has 0 aromatic heterocycles. The molecule has 152 valence electrons. The topological polar surface area (TPSA) is 30.8 Å². The maximum absolute atomic E-state index is 14.6. The van der Waals surface area contributed by atoms with Gasteiger partial charge in [0.1, 0.15) is 18.2 Å². The maximum Gasteiger partial charge on any atom is 0.129 e. The largest absolute Gasteiger partial charge is 0.489 e. The van der Waals surface area contributed by atoms with E-state index in [0.717, 1.165) is 35.3 Å². The molecule has 1 saturated carbocycles. The van der Waals surface area contributed by atoms with Crippen LogP contribution in [0.2, 0.25) is 0 Å². The standard InChI is InChI=1S/C25H22FNO2S/c26-25-12-20(9-10-21(25)16-29-24-13-22(14-24)27-17-30)19-7-4-8-23(11-19)28-15-18-5-2-1-3-6-18/h1-12,22,24H,13-16H2/t22-,24+. The van der Waals surface area contributed by atoms with Gasteiger partial charge in [0, 0.05) is 5.56 Å². The van der Waals surface area contributed by atoms with Gasteiger partial charge in [0.05, 0.1) is 23.9 Å². The molecule has 4 rings (SSSR count). The summed E-state index contributed by atoms with van der Waals surface area (Å²) in [6.45, 7) is 0.748. The molecular formula is C25H22FNO2S. The molecule has 0 spiro atoms. The molecule has 1 fully saturated rings. The quantitative estimate of drug-likeness (QED) is 0.321. The normalized spacial score (nSPS) is 17.6. The molecule has 0 saturated heterocycles. The van der Waals surface area contributed by atoms with E-state index >= 15 is 0 Å². The first-order valence-electron chi connectivity index (χ1n) is 9.95. The lowest BCUT2D eigenvalue weighted by Gasteiger charge is -2.31. The van der Waals surface area contributed by atoms with Crippen molar-refractivity contribution >= 4 is 17.4 Å². The van der Waals surface area contributed by atoms with Crippen LogP contribution in [-0.4, -0.2) is 17.3 Å². The molecule has 1 aliphatic carbocycles. The van der Waals surface area contributed by atoms with Gasteiger partial charge in [-0.1, -0.05) is 54.6 Å². The molecule has 0 amide bonds. The van der Waals surface area contributed by atoms with Crippen molar-refractivity contribution in [1.82, 2.24) is 0 Å². The molecule has 0 unspecified atom stereocenters. The Labute approximate surface area is 181 Å². The predicted octanol–water partition coefficient (Wildman–Crippen LogP) is 6.22. The molecule has 30 heavy (non-hydrogen) atoms. The number of rotatable bonds is 8. The van der Waals surface area contributed by atoms with Crippen LogP contribution in [0.3, 0.4) is 0 Å². The van der Waals surface area contributed by atoms with E-state index in [-0.39, 0.29) is 24.6 Å². The van der Waals surface area contributed by atoms with Crippen molar-refractivity contribution < 1.29 is 13.9 Å². The highest BCUT2D eigenvalue weighted by atomic mass is 32.1. The zero-order chi connectivity index (χ0) is 20.8. The predicted molar refractivity (Wildman–Crippen MR) is 119 cm³/mol. The first-order valence-corrected chi connectivity index (χ1v) is 10.4. The van der Waals surface area contributed by atoms with E-state index in [1.54, 1.807) is 12.1 Å². The van der Waals surface area contributed by atoms with Crippen molar-refractivity contribution in [3.05, 3.63) is 89.7 Å². The Hall–Kier alpha value is -2.85. The molecule has 3 aromatic rings. The fourth-order valence-electron chi connectivity index (χ4n) is 3.41. The first kappa shape index (κ1) is 20.4. The average Bonchev–Trinajstić information content (AvgIpc) is 2.75. The van der Waals surface area contributed by atoms with Crippen LogP contribution >= 0.6 is 12.2 Å². The molecular weight excluding hydrogens is 397 g/mol. The summed E-state index contributed by atoms with van der Waals surface area (Å²) in [7, 11) is 0. The number of hydrogen-bond acceptors (Lipinski definition) is 4. The highest BCUT2D eigenvalue weighted by molar-refractivity contribution is 7.78. The van der Waals surface area contributed by atoms with Crippen LogP contribution < -0.4 is 4.74 Å². The second-order valence-corrected chi connectivity index (χ2v) is 7.57. The summed E-state index contributed by atoms with van der Waals surface area (Å²) in [6, 6.07) is 23.2. The minimum absolute atomic E-state index is 0.111. The third kappa shape index (κ3) is 5.19. The minimum atomic E-state index is -0.268. The smallest absolute Gasteiger partial charge is 0.129 e. The number of thiocarbonyl (C=S) groups is 1. The fraction of sp³-hybridized carbons (Fsp3) is 0.240. The van der Waals surface area contributed by atoms with Crippen LogP contribution in [0.4, 0.5) is 4.39 Å². The number of hydrogen-bond donors (Lipinski definition) is 0. The van der Waals surface area contributed by atoms with Gasteiger partial charge in [-0.25, -0.2) is 9.38 Å². The van der Waals surface area contributed by atoms with E-state index in [1.807, 2.05) is 60.7 Å². The fourth-order valence-corrected chi connectivity index (χ4v) is 3.56. The van der Waals surface area contributed by atoms with Gasteiger partial charge in [-0.05, 0) is 59.9 Å². The number of nitrogens with zero attached hydrogens (tertiary/aromatic N) is 1. The van der Waals surface area contributed by atoms with E-state index in [1.165, 1.54) is 0 Å². The third-order valence-corrected chi connectivity index (χ3v) is 5.35. The van der Waals surface area contributed by atoms with Crippen LogP contribution in [0, 0.1) is 5.82 Å². The SMILES string of the molecule is Fc1cc(-c2cccc(OCc3ccccc3)c2)ccc1CO[C@H]1C[C@@H](N=C=S)C1. The van der Waals surface area contributed by atoms with Crippen molar-refractivity contribution in [2.75, 3.05) is 0 Å². The minimum Gasteiger partial charge on any atom is -0.489 e. The molecule has 0 bridgehead atoms. The summed E-state index contributed by atoms with van der Waals surface area (Å²) < 4.78 is 26.3. The second-order valence-electron chi connectivity index (χ2n) is 7.39. The number of benzene rings is 3. The Morgan fingerprint density at radius 2 is 1.73 bits per heavy atom. The van der Waals surface area contributed by atoms with Crippen molar-refractivity contribution in [2.45, 2.75) is 38.2 Å². The Morgan fingerprint density at radius 3 is 2.50 bits per heavy atom. The van der Waals surface area contributed by atoms with Gasteiger partial charge in [-0.3, -0.25) is 0 Å². The van der Waals surface area contributed by atoms with E-state index in [2.05, 4.69) is 22.4 Å². The monoisotopic (exact) mass is 419 g/mol.